The van der Waals surface area contributed by atoms with E-state index < -0.39 is 10.0 Å². The number of piperazine rings is 1. The highest BCUT2D eigenvalue weighted by molar-refractivity contribution is 7.89. The van der Waals surface area contributed by atoms with Crippen molar-refractivity contribution >= 4 is 21.2 Å². The summed E-state index contributed by atoms with van der Waals surface area (Å²) in [7, 11) is -3.49. The maximum atomic E-state index is 13.2. The van der Waals surface area contributed by atoms with E-state index in [0.717, 1.165) is 28.2 Å². The first-order chi connectivity index (χ1) is 16.3. The minimum Gasteiger partial charge on any atom is -0.293 e. The van der Waals surface area contributed by atoms with Crippen molar-refractivity contribution in [2.24, 2.45) is 0 Å². The topological polar surface area (TPSA) is 71.3 Å². The Bertz CT molecular complexity index is 1430. The number of hydrogen-bond acceptors (Lipinski definition) is 5. The summed E-state index contributed by atoms with van der Waals surface area (Å²) < 4.78 is 30.1. The number of fused-ring (bicyclic) bond motifs is 1. The lowest BCUT2D eigenvalue weighted by Crippen LogP contribution is -2.48. The van der Waals surface area contributed by atoms with Gasteiger partial charge in [0.1, 0.15) is 11.3 Å². The number of benzene rings is 2. The van der Waals surface area contributed by atoms with Gasteiger partial charge in [0, 0.05) is 38.1 Å². The van der Waals surface area contributed by atoms with Gasteiger partial charge in [-0.1, -0.05) is 24.3 Å². The first kappa shape index (κ1) is 22.7. The molecule has 2 aromatic carbocycles. The standard InChI is InChI=1S/C26H29N5O2S/c1-19-15-20(2)17-22(16-19)31-25(28-23-8-6-10-27-26(23)31)18-29-11-13-30(14-12-29)34(32,33)24-9-5-4-7-21(24)3/h4-10,15-17H,11-14,18H2,1-3H3. The Morgan fingerprint density at radius 3 is 2.29 bits per heavy atom. The molecule has 7 nitrogen and oxygen atoms in total. The first-order valence-corrected chi connectivity index (χ1v) is 13.0. The molecule has 0 N–H and O–H groups in total. The molecule has 3 heterocycles. The maximum absolute atomic E-state index is 13.2. The molecule has 1 fully saturated rings. The summed E-state index contributed by atoms with van der Waals surface area (Å²) in [6.45, 7) is 8.87. The molecule has 0 unspecified atom stereocenters. The summed E-state index contributed by atoms with van der Waals surface area (Å²) in [5.41, 5.74) is 5.90. The molecule has 1 saturated heterocycles. The van der Waals surface area contributed by atoms with Crippen LogP contribution in [0.2, 0.25) is 0 Å². The van der Waals surface area contributed by atoms with Crippen LogP contribution in [0.5, 0.6) is 0 Å². The lowest BCUT2D eigenvalue weighted by molar-refractivity contribution is 0.177. The smallest absolute Gasteiger partial charge is 0.243 e. The molecule has 0 aliphatic carbocycles. The average Bonchev–Trinajstić information content (AvgIpc) is 3.17. The number of hydrogen-bond donors (Lipinski definition) is 0. The SMILES string of the molecule is Cc1cc(C)cc(-n2c(CN3CCN(S(=O)(=O)c4ccccc4C)CC3)nc3cccnc32)c1. The Morgan fingerprint density at radius 2 is 1.59 bits per heavy atom. The van der Waals surface area contributed by atoms with Gasteiger partial charge in [-0.05, 0) is 67.8 Å². The van der Waals surface area contributed by atoms with Gasteiger partial charge in [0.05, 0.1) is 11.4 Å². The zero-order valence-electron chi connectivity index (χ0n) is 19.8. The molecule has 2 aromatic heterocycles. The molecule has 8 heteroatoms. The second-order valence-corrected chi connectivity index (χ2v) is 10.9. The van der Waals surface area contributed by atoms with E-state index in [4.69, 9.17) is 4.98 Å². The Kier molecular flexibility index (Phi) is 5.97. The van der Waals surface area contributed by atoms with Gasteiger partial charge in [-0.25, -0.2) is 18.4 Å². The molecule has 0 atom stereocenters. The molecule has 34 heavy (non-hydrogen) atoms. The number of aromatic nitrogens is 3. The van der Waals surface area contributed by atoms with Crippen LogP contribution in [0.15, 0.2) is 65.7 Å². The van der Waals surface area contributed by atoms with Crippen LogP contribution in [0, 0.1) is 20.8 Å². The molecule has 176 valence electrons. The predicted molar refractivity (Wildman–Crippen MR) is 134 cm³/mol. The molecule has 0 saturated carbocycles. The van der Waals surface area contributed by atoms with Gasteiger partial charge >= 0.3 is 0 Å². The van der Waals surface area contributed by atoms with Gasteiger partial charge in [0.2, 0.25) is 10.0 Å². The fourth-order valence-electron chi connectivity index (χ4n) is 4.73. The molecule has 0 amide bonds. The van der Waals surface area contributed by atoms with E-state index in [0.29, 0.717) is 37.6 Å². The van der Waals surface area contributed by atoms with Crippen molar-refractivity contribution in [3.8, 4) is 5.69 Å². The summed E-state index contributed by atoms with van der Waals surface area (Å²) in [6.07, 6.45) is 1.79. The van der Waals surface area contributed by atoms with Crippen molar-refractivity contribution < 1.29 is 8.42 Å². The number of nitrogens with zero attached hydrogens (tertiary/aromatic N) is 5. The fraction of sp³-hybridized carbons (Fsp3) is 0.308. The van der Waals surface area contributed by atoms with E-state index >= 15 is 0 Å². The number of pyridine rings is 1. The minimum atomic E-state index is -3.49. The molecule has 0 bridgehead atoms. The van der Waals surface area contributed by atoms with E-state index in [-0.39, 0.29) is 0 Å². The Hall–Kier alpha value is -3.07. The molecular formula is C26H29N5O2S. The molecular weight excluding hydrogens is 446 g/mol. The van der Waals surface area contributed by atoms with Gasteiger partial charge in [-0.15, -0.1) is 0 Å². The predicted octanol–water partition coefficient (Wildman–Crippen LogP) is 3.85. The minimum absolute atomic E-state index is 0.395. The molecule has 0 spiro atoms. The second-order valence-electron chi connectivity index (χ2n) is 9.00. The number of sulfonamides is 1. The van der Waals surface area contributed by atoms with Gasteiger partial charge in [0.25, 0.3) is 0 Å². The van der Waals surface area contributed by atoms with Crippen molar-refractivity contribution in [3.63, 3.8) is 0 Å². The lowest BCUT2D eigenvalue weighted by Gasteiger charge is -2.34. The normalized spacial score (nSPS) is 15.7. The van der Waals surface area contributed by atoms with Crippen molar-refractivity contribution in [3.05, 3.63) is 83.3 Å². The van der Waals surface area contributed by atoms with Gasteiger partial charge in [-0.3, -0.25) is 9.47 Å². The van der Waals surface area contributed by atoms with Crippen LogP contribution in [0.1, 0.15) is 22.5 Å². The third-order valence-corrected chi connectivity index (χ3v) is 8.42. The Balaban J connectivity index is 1.40. The largest absolute Gasteiger partial charge is 0.293 e. The van der Waals surface area contributed by atoms with Crippen LogP contribution in [0.25, 0.3) is 16.9 Å². The highest BCUT2D eigenvalue weighted by atomic mass is 32.2. The number of aryl methyl sites for hydroxylation is 3. The van der Waals surface area contributed by atoms with Crippen molar-refractivity contribution in [2.75, 3.05) is 26.2 Å². The molecule has 0 radical (unpaired) electrons. The van der Waals surface area contributed by atoms with E-state index in [1.54, 1.807) is 22.6 Å². The summed E-state index contributed by atoms with van der Waals surface area (Å²) >= 11 is 0. The third kappa shape index (κ3) is 4.24. The zero-order chi connectivity index (χ0) is 23.9. The Morgan fingerprint density at radius 1 is 0.882 bits per heavy atom. The van der Waals surface area contributed by atoms with Gasteiger partial charge < -0.3 is 0 Å². The van der Waals surface area contributed by atoms with Crippen molar-refractivity contribution in [1.29, 1.82) is 0 Å². The van der Waals surface area contributed by atoms with Crippen molar-refractivity contribution in [2.45, 2.75) is 32.2 Å². The average molecular weight is 476 g/mol. The van der Waals surface area contributed by atoms with Crippen LogP contribution in [-0.2, 0) is 16.6 Å². The van der Waals surface area contributed by atoms with Gasteiger partial charge in [0.15, 0.2) is 5.65 Å². The van der Waals surface area contributed by atoms with Crippen molar-refractivity contribution in [1.82, 2.24) is 23.7 Å². The summed E-state index contributed by atoms with van der Waals surface area (Å²) in [5, 5.41) is 0. The summed E-state index contributed by atoms with van der Waals surface area (Å²) in [6, 6.07) is 17.5. The molecule has 4 aromatic rings. The lowest BCUT2D eigenvalue weighted by atomic mass is 10.1. The highest BCUT2D eigenvalue weighted by Crippen LogP contribution is 2.25. The van der Waals surface area contributed by atoms with Crippen LogP contribution >= 0.6 is 0 Å². The van der Waals surface area contributed by atoms with Crippen LogP contribution in [-0.4, -0.2) is 58.3 Å². The van der Waals surface area contributed by atoms with Gasteiger partial charge in [-0.2, -0.15) is 4.31 Å². The molecule has 1 aliphatic heterocycles. The van der Waals surface area contributed by atoms with Crippen LogP contribution < -0.4 is 0 Å². The highest BCUT2D eigenvalue weighted by Gasteiger charge is 2.30. The monoisotopic (exact) mass is 475 g/mol. The fourth-order valence-corrected chi connectivity index (χ4v) is 6.38. The van der Waals surface area contributed by atoms with E-state index in [9.17, 15) is 8.42 Å². The summed E-state index contributed by atoms with van der Waals surface area (Å²) in [4.78, 5) is 12.2. The summed E-state index contributed by atoms with van der Waals surface area (Å²) in [5.74, 6) is 0.911. The quantitative estimate of drug-likeness (QED) is 0.438. The Labute approximate surface area is 200 Å². The first-order valence-electron chi connectivity index (χ1n) is 11.5. The zero-order valence-corrected chi connectivity index (χ0v) is 20.6. The van der Waals surface area contributed by atoms with Crippen LogP contribution in [0.3, 0.4) is 0 Å². The number of rotatable bonds is 5. The third-order valence-electron chi connectivity index (χ3n) is 6.36. The van der Waals surface area contributed by atoms with E-state index in [1.807, 2.05) is 31.2 Å². The maximum Gasteiger partial charge on any atom is 0.243 e. The molecule has 5 rings (SSSR count). The van der Waals surface area contributed by atoms with E-state index in [2.05, 4.69) is 46.5 Å². The number of imidazole rings is 1. The van der Waals surface area contributed by atoms with E-state index in [1.165, 1.54) is 11.1 Å². The molecule has 1 aliphatic rings. The second kappa shape index (κ2) is 8.94. The van der Waals surface area contributed by atoms with Crippen LogP contribution in [0.4, 0.5) is 0 Å².